The number of hydrogen-bond donors (Lipinski definition) is 0. The van der Waals surface area contributed by atoms with E-state index < -0.39 is 11.7 Å². The van der Waals surface area contributed by atoms with Gasteiger partial charge in [0.1, 0.15) is 5.56 Å². The summed E-state index contributed by atoms with van der Waals surface area (Å²) < 4.78 is 42.3. The third-order valence-corrected chi connectivity index (χ3v) is 5.53. The van der Waals surface area contributed by atoms with Gasteiger partial charge in [-0.25, -0.2) is 0 Å². The number of rotatable bonds is 4. The zero-order chi connectivity index (χ0) is 18.0. The Morgan fingerprint density at radius 2 is 1.40 bits per heavy atom. The lowest BCUT2D eigenvalue weighted by molar-refractivity contribution is -0.138. The standard InChI is InChI=1S/C19H14Br2F3N/c20-16-15(19(22,23)24)18(21)25(12-11-13-7-3-1-4-8-13)17(16)14-9-5-2-6-10-14/h1-10H,11-12H2. The molecule has 0 fully saturated rings. The van der Waals surface area contributed by atoms with E-state index in [1.807, 2.05) is 60.7 Å². The first-order valence-corrected chi connectivity index (χ1v) is 9.22. The highest BCUT2D eigenvalue weighted by Gasteiger charge is 2.40. The number of hydrogen-bond acceptors (Lipinski definition) is 0. The molecule has 2 aromatic carbocycles. The lowest BCUT2D eigenvalue weighted by atomic mass is 10.1. The molecule has 1 nitrogen and oxygen atoms in total. The Bertz CT molecular complexity index is 856. The molecule has 0 N–H and O–H groups in total. The third kappa shape index (κ3) is 3.85. The molecule has 0 aliphatic heterocycles. The molecule has 1 aromatic heterocycles. The smallest absolute Gasteiger partial charge is 0.333 e. The van der Waals surface area contributed by atoms with Crippen LogP contribution in [0.25, 0.3) is 11.3 Å². The van der Waals surface area contributed by atoms with Crippen LogP contribution in [0.3, 0.4) is 0 Å². The average Bonchev–Trinajstić information content (AvgIpc) is 2.84. The number of nitrogens with zero attached hydrogens (tertiary/aromatic N) is 1. The molecule has 25 heavy (non-hydrogen) atoms. The average molecular weight is 473 g/mol. The number of alkyl halides is 3. The van der Waals surface area contributed by atoms with Gasteiger partial charge in [0.25, 0.3) is 0 Å². The van der Waals surface area contributed by atoms with Crippen molar-refractivity contribution >= 4 is 31.9 Å². The normalized spacial score (nSPS) is 11.7. The van der Waals surface area contributed by atoms with E-state index in [1.165, 1.54) is 0 Å². The van der Waals surface area contributed by atoms with Crippen LogP contribution in [-0.4, -0.2) is 4.57 Å². The summed E-state index contributed by atoms with van der Waals surface area (Å²) in [6.07, 6.45) is -3.81. The summed E-state index contributed by atoms with van der Waals surface area (Å²) in [5, 5.41) is 0. The van der Waals surface area contributed by atoms with Crippen molar-refractivity contribution in [1.82, 2.24) is 4.57 Å². The quantitative estimate of drug-likeness (QED) is 0.387. The van der Waals surface area contributed by atoms with Gasteiger partial charge < -0.3 is 4.57 Å². The first-order chi connectivity index (χ1) is 11.9. The highest BCUT2D eigenvalue weighted by atomic mass is 79.9. The lowest BCUT2D eigenvalue weighted by Crippen LogP contribution is -2.07. The number of benzene rings is 2. The Labute approximate surface area is 160 Å². The van der Waals surface area contributed by atoms with Crippen LogP contribution in [-0.2, 0) is 19.1 Å². The fourth-order valence-corrected chi connectivity index (χ4v) is 4.68. The summed E-state index contributed by atoms with van der Waals surface area (Å²) in [6, 6.07) is 18.8. The van der Waals surface area contributed by atoms with Crippen LogP contribution < -0.4 is 0 Å². The topological polar surface area (TPSA) is 4.93 Å². The van der Waals surface area contributed by atoms with Crippen molar-refractivity contribution in [3.05, 3.63) is 80.9 Å². The minimum atomic E-state index is -4.45. The van der Waals surface area contributed by atoms with Gasteiger partial charge in [-0.05, 0) is 49.4 Å². The highest BCUT2D eigenvalue weighted by Crippen LogP contribution is 2.46. The van der Waals surface area contributed by atoms with Gasteiger partial charge in [-0.3, -0.25) is 0 Å². The molecule has 0 atom stereocenters. The molecule has 0 amide bonds. The molecule has 0 aliphatic rings. The SMILES string of the molecule is FC(F)(F)c1c(Br)c(-c2ccccc2)n(CCc2ccccc2)c1Br. The first-order valence-electron chi connectivity index (χ1n) is 7.63. The number of aryl methyl sites for hydroxylation is 1. The van der Waals surface area contributed by atoms with E-state index in [-0.39, 0.29) is 9.08 Å². The van der Waals surface area contributed by atoms with Crippen molar-refractivity contribution in [3.8, 4) is 11.3 Å². The van der Waals surface area contributed by atoms with Crippen molar-refractivity contribution in [1.29, 1.82) is 0 Å². The second-order valence-corrected chi connectivity index (χ2v) is 7.12. The molecule has 0 unspecified atom stereocenters. The summed E-state index contributed by atoms with van der Waals surface area (Å²) >= 11 is 6.35. The molecule has 0 radical (unpaired) electrons. The van der Waals surface area contributed by atoms with Gasteiger partial charge >= 0.3 is 6.18 Å². The van der Waals surface area contributed by atoms with E-state index in [0.29, 0.717) is 18.7 Å². The van der Waals surface area contributed by atoms with Crippen molar-refractivity contribution in [2.75, 3.05) is 0 Å². The maximum Gasteiger partial charge on any atom is 0.420 e. The molecule has 0 bridgehead atoms. The van der Waals surface area contributed by atoms with E-state index in [1.54, 1.807) is 4.57 Å². The zero-order valence-corrected chi connectivity index (χ0v) is 16.2. The van der Waals surface area contributed by atoms with Gasteiger partial charge in [0.2, 0.25) is 0 Å². The number of halogens is 5. The summed E-state index contributed by atoms with van der Waals surface area (Å²) in [4.78, 5) is 0. The third-order valence-electron chi connectivity index (χ3n) is 3.94. The van der Waals surface area contributed by atoms with Crippen LogP contribution in [0.15, 0.2) is 69.7 Å². The van der Waals surface area contributed by atoms with Gasteiger partial charge in [0.15, 0.2) is 0 Å². The van der Waals surface area contributed by atoms with Crippen molar-refractivity contribution in [2.24, 2.45) is 0 Å². The molecular formula is C19H14Br2F3N. The predicted molar refractivity (Wildman–Crippen MR) is 100 cm³/mol. The van der Waals surface area contributed by atoms with Crippen LogP contribution in [0.2, 0.25) is 0 Å². The molecule has 3 rings (SSSR count). The van der Waals surface area contributed by atoms with Crippen LogP contribution in [0.4, 0.5) is 13.2 Å². The van der Waals surface area contributed by atoms with E-state index in [0.717, 1.165) is 11.1 Å². The maximum absolute atomic E-state index is 13.5. The molecule has 3 aromatic rings. The van der Waals surface area contributed by atoms with Crippen LogP contribution in [0.5, 0.6) is 0 Å². The summed E-state index contributed by atoms with van der Waals surface area (Å²) in [5.41, 5.74) is 1.65. The Morgan fingerprint density at radius 3 is 1.96 bits per heavy atom. The van der Waals surface area contributed by atoms with Gasteiger partial charge in [0, 0.05) is 6.54 Å². The molecule has 0 saturated heterocycles. The summed E-state index contributed by atoms with van der Waals surface area (Å²) in [6.45, 7) is 0.434. The largest absolute Gasteiger partial charge is 0.420 e. The Balaban J connectivity index is 2.09. The fourth-order valence-electron chi connectivity index (χ4n) is 2.78. The van der Waals surface area contributed by atoms with Crippen molar-refractivity contribution in [3.63, 3.8) is 0 Å². The molecule has 0 saturated carbocycles. The molecule has 0 aliphatic carbocycles. The number of aromatic nitrogens is 1. The van der Waals surface area contributed by atoms with Gasteiger partial charge in [-0.2, -0.15) is 13.2 Å². The van der Waals surface area contributed by atoms with Crippen molar-refractivity contribution in [2.45, 2.75) is 19.1 Å². The monoisotopic (exact) mass is 471 g/mol. The van der Waals surface area contributed by atoms with Crippen molar-refractivity contribution < 1.29 is 13.2 Å². The lowest BCUT2D eigenvalue weighted by Gasteiger charge is -2.12. The second-order valence-electron chi connectivity index (χ2n) is 5.58. The Hall–Kier alpha value is -1.53. The Kier molecular flexibility index (Phi) is 5.39. The molecule has 0 spiro atoms. The minimum absolute atomic E-state index is 0.0432. The van der Waals surface area contributed by atoms with Crippen LogP contribution in [0, 0.1) is 0 Å². The fraction of sp³-hybridized carbons (Fsp3) is 0.158. The molecule has 6 heteroatoms. The highest BCUT2D eigenvalue weighted by molar-refractivity contribution is 9.11. The second kappa shape index (κ2) is 7.38. The van der Waals surface area contributed by atoms with Crippen LogP contribution >= 0.6 is 31.9 Å². The van der Waals surface area contributed by atoms with E-state index in [2.05, 4.69) is 31.9 Å². The van der Waals surface area contributed by atoms with E-state index in [9.17, 15) is 13.2 Å². The molecule has 1 heterocycles. The summed E-state index contributed by atoms with van der Waals surface area (Å²) in [7, 11) is 0. The summed E-state index contributed by atoms with van der Waals surface area (Å²) in [5.74, 6) is 0. The van der Waals surface area contributed by atoms with E-state index >= 15 is 0 Å². The first kappa shape index (κ1) is 18.3. The van der Waals surface area contributed by atoms with Gasteiger partial charge in [0.05, 0.1) is 14.8 Å². The molecular weight excluding hydrogens is 459 g/mol. The van der Waals surface area contributed by atoms with Crippen LogP contribution in [0.1, 0.15) is 11.1 Å². The zero-order valence-electron chi connectivity index (χ0n) is 13.0. The predicted octanol–water partition coefficient (Wildman–Crippen LogP) is 6.94. The van der Waals surface area contributed by atoms with E-state index in [4.69, 9.17) is 0 Å². The maximum atomic E-state index is 13.5. The Morgan fingerprint density at radius 1 is 0.840 bits per heavy atom. The van der Waals surface area contributed by atoms with Gasteiger partial charge in [-0.15, -0.1) is 0 Å². The van der Waals surface area contributed by atoms with Gasteiger partial charge in [-0.1, -0.05) is 60.7 Å². The minimum Gasteiger partial charge on any atom is -0.333 e. The molecule has 130 valence electrons.